The Morgan fingerprint density at radius 1 is 1.42 bits per heavy atom. The lowest BCUT2D eigenvalue weighted by Gasteiger charge is -2.44. The number of carbonyl (C=O) groups excluding carboxylic acids is 2. The van der Waals surface area contributed by atoms with E-state index in [1.54, 1.807) is 36.0 Å². The van der Waals surface area contributed by atoms with Crippen molar-refractivity contribution in [3.8, 4) is 0 Å². The molecule has 8 nitrogen and oxygen atoms in total. The summed E-state index contributed by atoms with van der Waals surface area (Å²) in [5, 5.41) is 18.6. The Kier molecular flexibility index (Phi) is 4.22. The zero-order valence-electron chi connectivity index (χ0n) is 12.9. The van der Waals surface area contributed by atoms with Crippen LogP contribution in [0.15, 0.2) is 24.5 Å². The number of nitrogens with two attached hydrogens (primary N) is 1. The summed E-state index contributed by atoms with van der Waals surface area (Å²) in [5.41, 5.74) is 5.56. The molecule has 1 aromatic heterocycles. The molecule has 128 valence electrons. The molecule has 2 fully saturated rings. The number of amides is 2. The molecule has 2 aliphatic heterocycles. The molecule has 0 bridgehead atoms. The second-order valence-electron chi connectivity index (χ2n) is 6.01. The Hall–Kier alpha value is -2.13. The molecular formula is C15H18N3O5S+. The molecule has 3 unspecified atom stereocenters. The summed E-state index contributed by atoms with van der Waals surface area (Å²) in [4.78, 5) is 36.2. The van der Waals surface area contributed by atoms with Crippen LogP contribution in [0, 0.1) is 5.92 Å². The lowest BCUT2D eigenvalue weighted by Crippen LogP contribution is -2.64. The van der Waals surface area contributed by atoms with Crippen LogP contribution >= 0.6 is 11.8 Å². The Morgan fingerprint density at radius 2 is 2.04 bits per heavy atom. The van der Waals surface area contributed by atoms with Gasteiger partial charge in [0.2, 0.25) is 11.8 Å². The van der Waals surface area contributed by atoms with Crippen LogP contribution in [0.4, 0.5) is 0 Å². The fourth-order valence-electron chi connectivity index (χ4n) is 3.21. The average Bonchev–Trinajstić information content (AvgIpc) is 2.81. The number of rotatable bonds is 5. The monoisotopic (exact) mass is 352 g/mol. The summed E-state index contributed by atoms with van der Waals surface area (Å²) in [6, 6.07) is 2.21. The first kappa shape index (κ1) is 16.7. The van der Waals surface area contributed by atoms with Crippen LogP contribution in [0.25, 0.3) is 0 Å². The van der Waals surface area contributed by atoms with Crippen molar-refractivity contribution < 1.29 is 29.2 Å². The molecule has 2 aliphatic rings. The second kappa shape index (κ2) is 6.06. The van der Waals surface area contributed by atoms with Crippen LogP contribution in [0.2, 0.25) is 0 Å². The highest BCUT2D eigenvalue weighted by molar-refractivity contribution is 8.01. The molecule has 4 N–H and O–H groups in total. The summed E-state index contributed by atoms with van der Waals surface area (Å²) in [5.74, 6) is -2.45. The van der Waals surface area contributed by atoms with Gasteiger partial charge in [-0.1, -0.05) is 0 Å². The maximum atomic E-state index is 12.1. The zero-order chi connectivity index (χ0) is 17.6. The first-order valence-corrected chi connectivity index (χ1v) is 8.43. The number of fused-ring (bicyclic) bond motifs is 1. The SMILES string of the molecule is C[C@@H](O)[C@H]1C(=O)N2C(C(=O)O)C(C[n+]3ccc(C(N)=O)cc3)SC12. The fraction of sp³-hybridized carbons (Fsp3) is 0.467. The highest BCUT2D eigenvalue weighted by atomic mass is 32.2. The number of carboxylic acid groups (broad SMARTS) is 1. The van der Waals surface area contributed by atoms with Crippen molar-refractivity contribution in [1.82, 2.24) is 4.90 Å². The predicted molar refractivity (Wildman–Crippen MR) is 83.8 cm³/mol. The van der Waals surface area contributed by atoms with E-state index in [2.05, 4.69) is 0 Å². The highest BCUT2D eigenvalue weighted by Crippen LogP contribution is 2.48. The van der Waals surface area contributed by atoms with Gasteiger partial charge in [-0.05, 0) is 6.92 Å². The molecule has 5 atom stereocenters. The number of aliphatic hydroxyl groups is 1. The zero-order valence-corrected chi connectivity index (χ0v) is 13.7. The topological polar surface area (TPSA) is 125 Å². The smallest absolute Gasteiger partial charge is 0.327 e. The molecule has 0 spiro atoms. The number of hydrogen-bond donors (Lipinski definition) is 3. The van der Waals surface area contributed by atoms with E-state index in [1.165, 1.54) is 16.7 Å². The van der Waals surface area contributed by atoms with E-state index in [-0.39, 0.29) is 16.5 Å². The first-order valence-electron chi connectivity index (χ1n) is 7.48. The van der Waals surface area contributed by atoms with Gasteiger partial charge in [0.05, 0.1) is 28.2 Å². The maximum absolute atomic E-state index is 12.1. The van der Waals surface area contributed by atoms with Gasteiger partial charge in [-0.25, -0.2) is 9.36 Å². The van der Waals surface area contributed by atoms with E-state index in [1.807, 2.05) is 0 Å². The van der Waals surface area contributed by atoms with Crippen molar-refractivity contribution in [2.45, 2.75) is 36.2 Å². The third kappa shape index (κ3) is 2.63. The molecule has 3 rings (SSSR count). The number of nitrogens with zero attached hydrogens (tertiary/aromatic N) is 2. The average molecular weight is 352 g/mol. The largest absolute Gasteiger partial charge is 0.480 e. The van der Waals surface area contributed by atoms with E-state index >= 15 is 0 Å². The van der Waals surface area contributed by atoms with E-state index in [0.717, 1.165) is 0 Å². The minimum atomic E-state index is -1.05. The van der Waals surface area contributed by atoms with Crippen LogP contribution in [-0.2, 0) is 16.1 Å². The predicted octanol–water partition coefficient (Wildman–Crippen LogP) is -1.19. The van der Waals surface area contributed by atoms with Gasteiger partial charge in [-0.2, -0.15) is 0 Å². The van der Waals surface area contributed by atoms with Crippen molar-refractivity contribution >= 4 is 29.5 Å². The van der Waals surface area contributed by atoms with Crippen molar-refractivity contribution in [3.63, 3.8) is 0 Å². The summed E-state index contributed by atoms with van der Waals surface area (Å²) in [7, 11) is 0. The standard InChI is InChI=1S/C15H17N3O5S/c1-7(19)10-13(21)18-11(15(22)23)9(24-14(10)18)6-17-4-2-8(3-5-17)12(16)20/h2-5,7,9-11,14,19H,6H2,1H3,(H2-,16,20,22,23)/p+1/t7-,9?,10+,11?,14?/m1/s1. The Labute approximate surface area is 142 Å². The summed E-state index contributed by atoms with van der Waals surface area (Å²) in [6.45, 7) is 1.91. The molecule has 1 aromatic rings. The quantitative estimate of drug-likeness (QED) is 0.452. The van der Waals surface area contributed by atoms with Crippen molar-refractivity contribution in [1.29, 1.82) is 0 Å². The number of aliphatic carboxylic acids is 1. The van der Waals surface area contributed by atoms with E-state index in [4.69, 9.17) is 5.73 Å². The third-order valence-corrected chi connectivity index (χ3v) is 5.98. The normalized spacial score (nSPS) is 29.8. The number of aromatic nitrogens is 1. The van der Waals surface area contributed by atoms with Gasteiger partial charge >= 0.3 is 5.97 Å². The van der Waals surface area contributed by atoms with Crippen LogP contribution in [0.3, 0.4) is 0 Å². The van der Waals surface area contributed by atoms with Crippen molar-refractivity contribution in [2.75, 3.05) is 0 Å². The molecule has 0 aliphatic carbocycles. The highest BCUT2D eigenvalue weighted by Gasteiger charge is 2.62. The van der Waals surface area contributed by atoms with Crippen molar-refractivity contribution in [2.24, 2.45) is 11.7 Å². The summed E-state index contributed by atoms with van der Waals surface area (Å²) in [6.07, 6.45) is 2.51. The number of carbonyl (C=O) groups is 3. The second-order valence-corrected chi connectivity index (χ2v) is 7.37. The number of carboxylic acids is 1. The minimum Gasteiger partial charge on any atom is -0.480 e. The first-order chi connectivity index (χ1) is 11.3. The van der Waals surface area contributed by atoms with Crippen LogP contribution in [0.5, 0.6) is 0 Å². The fourth-order valence-corrected chi connectivity index (χ4v) is 5.10. The van der Waals surface area contributed by atoms with Crippen LogP contribution in [-0.4, -0.2) is 55.7 Å². The van der Waals surface area contributed by atoms with Crippen LogP contribution in [0.1, 0.15) is 17.3 Å². The van der Waals surface area contributed by atoms with E-state index < -0.39 is 29.9 Å². The molecule has 9 heteroatoms. The molecule has 2 amide bonds. The Morgan fingerprint density at radius 3 is 2.54 bits per heavy atom. The van der Waals surface area contributed by atoms with Gasteiger partial charge in [0.15, 0.2) is 18.9 Å². The molecule has 2 saturated heterocycles. The number of thioether (sulfide) groups is 1. The summed E-state index contributed by atoms with van der Waals surface area (Å²) < 4.78 is 1.76. The number of aliphatic hydroxyl groups excluding tert-OH is 1. The van der Waals surface area contributed by atoms with Gasteiger partial charge in [-0.3, -0.25) is 9.59 Å². The number of β-lactam (4-membered cyclic amide) rings is 1. The molecule has 3 heterocycles. The van der Waals surface area contributed by atoms with Gasteiger partial charge in [0, 0.05) is 12.1 Å². The molecule has 0 radical (unpaired) electrons. The third-order valence-electron chi connectivity index (χ3n) is 4.43. The van der Waals surface area contributed by atoms with E-state index in [0.29, 0.717) is 12.1 Å². The van der Waals surface area contributed by atoms with Crippen LogP contribution < -0.4 is 10.3 Å². The molecule has 0 aromatic carbocycles. The molecule has 24 heavy (non-hydrogen) atoms. The Balaban J connectivity index is 1.78. The van der Waals surface area contributed by atoms with Crippen molar-refractivity contribution in [3.05, 3.63) is 30.1 Å². The van der Waals surface area contributed by atoms with Gasteiger partial charge in [0.25, 0.3) is 0 Å². The number of pyridine rings is 1. The Bertz CT molecular complexity index is 693. The molecular weight excluding hydrogens is 334 g/mol. The maximum Gasteiger partial charge on any atom is 0.327 e. The molecule has 0 saturated carbocycles. The summed E-state index contributed by atoms with van der Waals surface area (Å²) >= 11 is 1.39. The lowest BCUT2D eigenvalue weighted by molar-refractivity contribution is -0.696. The number of hydrogen-bond acceptors (Lipinski definition) is 5. The minimum absolute atomic E-state index is 0.311. The lowest BCUT2D eigenvalue weighted by atomic mass is 9.90. The van der Waals surface area contributed by atoms with E-state index in [9.17, 15) is 24.6 Å². The number of primary amides is 1. The van der Waals surface area contributed by atoms with Gasteiger partial charge in [-0.15, -0.1) is 11.8 Å². The van der Waals surface area contributed by atoms with Gasteiger partial charge in [0.1, 0.15) is 6.04 Å². The van der Waals surface area contributed by atoms with Gasteiger partial charge < -0.3 is 20.8 Å².